The standard InChI is InChI=1S/C11H10ClN3/c12-10-3-1-2-9(14-10)8-6-13-15-11(8)7-4-5-7/h1-3,6-7H,4-5H2,(H,13,15). The molecule has 3 rings (SSSR count). The molecule has 76 valence electrons. The van der Waals surface area contributed by atoms with Crippen LogP contribution in [0.5, 0.6) is 0 Å². The first kappa shape index (κ1) is 8.92. The molecule has 1 aliphatic rings. The van der Waals surface area contributed by atoms with Crippen LogP contribution in [0.2, 0.25) is 5.15 Å². The van der Waals surface area contributed by atoms with Gasteiger partial charge in [0.15, 0.2) is 0 Å². The van der Waals surface area contributed by atoms with Gasteiger partial charge in [-0.2, -0.15) is 5.10 Å². The Morgan fingerprint density at radius 1 is 1.33 bits per heavy atom. The molecule has 0 spiro atoms. The van der Waals surface area contributed by atoms with Gasteiger partial charge in [-0.25, -0.2) is 4.98 Å². The number of nitrogens with one attached hydrogen (secondary N) is 1. The smallest absolute Gasteiger partial charge is 0.129 e. The number of hydrogen-bond donors (Lipinski definition) is 1. The summed E-state index contributed by atoms with van der Waals surface area (Å²) >= 11 is 5.87. The molecule has 2 aromatic heterocycles. The number of aromatic amines is 1. The normalized spacial score (nSPS) is 15.5. The van der Waals surface area contributed by atoms with Gasteiger partial charge in [0, 0.05) is 17.2 Å². The van der Waals surface area contributed by atoms with E-state index in [-0.39, 0.29) is 0 Å². The Labute approximate surface area is 92.5 Å². The number of pyridine rings is 1. The minimum atomic E-state index is 0.524. The van der Waals surface area contributed by atoms with E-state index in [0.717, 1.165) is 11.3 Å². The summed E-state index contributed by atoms with van der Waals surface area (Å²) in [4.78, 5) is 4.29. The highest BCUT2D eigenvalue weighted by Crippen LogP contribution is 2.42. The van der Waals surface area contributed by atoms with E-state index < -0.39 is 0 Å². The second kappa shape index (κ2) is 3.35. The maximum absolute atomic E-state index is 5.87. The van der Waals surface area contributed by atoms with Crippen LogP contribution in [0.1, 0.15) is 24.5 Å². The molecule has 0 unspecified atom stereocenters. The van der Waals surface area contributed by atoms with Gasteiger partial charge >= 0.3 is 0 Å². The molecule has 1 aliphatic carbocycles. The van der Waals surface area contributed by atoms with Crippen molar-refractivity contribution in [2.45, 2.75) is 18.8 Å². The number of halogens is 1. The average Bonchev–Trinajstić information content (AvgIpc) is 2.96. The molecule has 3 nitrogen and oxygen atoms in total. The van der Waals surface area contributed by atoms with Crippen molar-refractivity contribution in [3.05, 3.63) is 35.2 Å². The summed E-state index contributed by atoms with van der Waals surface area (Å²) in [6, 6.07) is 5.65. The van der Waals surface area contributed by atoms with Crippen LogP contribution >= 0.6 is 11.6 Å². The van der Waals surface area contributed by atoms with Gasteiger partial charge in [0.25, 0.3) is 0 Å². The Morgan fingerprint density at radius 2 is 2.20 bits per heavy atom. The molecule has 1 fully saturated rings. The van der Waals surface area contributed by atoms with Crippen molar-refractivity contribution < 1.29 is 0 Å². The summed E-state index contributed by atoms with van der Waals surface area (Å²) in [6.45, 7) is 0. The van der Waals surface area contributed by atoms with Crippen molar-refractivity contribution in [3.63, 3.8) is 0 Å². The second-order valence-electron chi connectivity index (χ2n) is 3.82. The predicted octanol–water partition coefficient (Wildman–Crippen LogP) is 3.00. The van der Waals surface area contributed by atoms with E-state index in [4.69, 9.17) is 11.6 Å². The SMILES string of the molecule is Clc1cccc(-c2cn[nH]c2C2CC2)n1. The monoisotopic (exact) mass is 219 g/mol. The average molecular weight is 220 g/mol. The van der Waals surface area contributed by atoms with Crippen LogP contribution in [0.15, 0.2) is 24.4 Å². The number of rotatable bonds is 2. The molecule has 1 N–H and O–H groups in total. The summed E-state index contributed by atoms with van der Waals surface area (Å²) in [5, 5.41) is 7.66. The summed E-state index contributed by atoms with van der Waals surface area (Å²) in [5.74, 6) is 0.642. The van der Waals surface area contributed by atoms with Crippen LogP contribution in [0.4, 0.5) is 0 Å². The van der Waals surface area contributed by atoms with Crippen LogP contribution in [-0.4, -0.2) is 15.2 Å². The third-order valence-electron chi connectivity index (χ3n) is 2.65. The highest BCUT2D eigenvalue weighted by Gasteiger charge is 2.28. The Balaban J connectivity index is 2.07. The minimum Gasteiger partial charge on any atom is -0.282 e. The zero-order valence-electron chi connectivity index (χ0n) is 8.07. The van der Waals surface area contributed by atoms with E-state index in [1.807, 2.05) is 18.3 Å². The molecule has 2 heterocycles. The van der Waals surface area contributed by atoms with E-state index in [2.05, 4.69) is 15.2 Å². The van der Waals surface area contributed by atoms with Crippen molar-refractivity contribution in [1.29, 1.82) is 0 Å². The molecule has 0 bridgehead atoms. The first-order chi connectivity index (χ1) is 7.34. The van der Waals surface area contributed by atoms with E-state index in [1.165, 1.54) is 18.5 Å². The quantitative estimate of drug-likeness (QED) is 0.789. The van der Waals surface area contributed by atoms with Crippen LogP contribution in [0.3, 0.4) is 0 Å². The molecule has 0 aliphatic heterocycles. The van der Waals surface area contributed by atoms with Crippen molar-refractivity contribution in [2.75, 3.05) is 0 Å². The van der Waals surface area contributed by atoms with Crippen molar-refractivity contribution in [2.24, 2.45) is 0 Å². The topological polar surface area (TPSA) is 41.6 Å². The molecule has 0 radical (unpaired) electrons. The summed E-state index contributed by atoms with van der Waals surface area (Å²) < 4.78 is 0. The third-order valence-corrected chi connectivity index (χ3v) is 2.86. The zero-order chi connectivity index (χ0) is 10.3. The lowest BCUT2D eigenvalue weighted by atomic mass is 10.1. The zero-order valence-corrected chi connectivity index (χ0v) is 8.83. The fourth-order valence-corrected chi connectivity index (χ4v) is 1.91. The molecule has 0 amide bonds. The molecule has 0 aromatic carbocycles. The number of hydrogen-bond acceptors (Lipinski definition) is 2. The van der Waals surface area contributed by atoms with E-state index >= 15 is 0 Å². The van der Waals surface area contributed by atoms with Crippen molar-refractivity contribution in [3.8, 4) is 11.3 Å². The van der Waals surface area contributed by atoms with Gasteiger partial charge in [-0.1, -0.05) is 17.7 Å². The molecule has 1 saturated carbocycles. The van der Waals surface area contributed by atoms with Gasteiger partial charge < -0.3 is 0 Å². The van der Waals surface area contributed by atoms with Crippen molar-refractivity contribution >= 4 is 11.6 Å². The van der Waals surface area contributed by atoms with E-state index in [0.29, 0.717) is 11.1 Å². The number of H-pyrrole nitrogens is 1. The third kappa shape index (κ3) is 1.63. The van der Waals surface area contributed by atoms with Crippen LogP contribution in [0, 0.1) is 0 Å². The Kier molecular flexibility index (Phi) is 1.99. The summed E-state index contributed by atoms with van der Waals surface area (Å²) in [7, 11) is 0. The molecule has 2 aromatic rings. The summed E-state index contributed by atoms with van der Waals surface area (Å²) in [5.41, 5.74) is 3.18. The van der Waals surface area contributed by atoms with Gasteiger partial charge in [-0.05, 0) is 25.0 Å². The molecule has 4 heteroatoms. The lowest BCUT2D eigenvalue weighted by molar-refractivity contribution is 0.965. The van der Waals surface area contributed by atoms with Crippen molar-refractivity contribution in [1.82, 2.24) is 15.2 Å². The largest absolute Gasteiger partial charge is 0.282 e. The minimum absolute atomic E-state index is 0.524. The van der Waals surface area contributed by atoms with Crippen LogP contribution in [0.25, 0.3) is 11.3 Å². The maximum Gasteiger partial charge on any atom is 0.129 e. The first-order valence-electron chi connectivity index (χ1n) is 5.01. The van der Waals surface area contributed by atoms with Gasteiger partial charge in [-0.3, -0.25) is 5.10 Å². The predicted molar refractivity (Wildman–Crippen MR) is 58.8 cm³/mol. The van der Waals surface area contributed by atoms with Gasteiger partial charge in [-0.15, -0.1) is 0 Å². The molecular formula is C11H10ClN3. The van der Waals surface area contributed by atoms with Gasteiger partial charge in [0.05, 0.1) is 11.9 Å². The maximum atomic E-state index is 5.87. The molecular weight excluding hydrogens is 210 g/mol. The van der Waals surface area contributed by atoms with Gasteiger partial charge in [0.2, 0.25) is 0 Å². The Bertz CT molecular complexity index is 488. The van der Waals surface area contributed by atoms with Gasteiger partial charge in [0.1, 0.15) is 5.15 Å². The second-order valence-corrected chi connectivity index (χ2v) is 4.20. The van der Waals surface area contributed by atoms with Crippen LogP contribution in [-0.2, 0) is 0 Å². The lowest BCUT2D eigenvalue weighted by Crippen LogP contribution is -1.87. The van der Waals surface area contributed by atoms with E-state index in [1.54, 1.807) is 6.07 Å². The number of nitrogens with zero attached hydrogens (tertiary/aromatic N) is 2. The number of aromatic nitrogens is 3. The molecule has 15 heavy (non-hydrogen) atoms. The highest BCUT2D eigenvalue weighted by atomic mass is 35.5. The Morgan fingerprint density at radius 3 is 2.93 bits per heavy atom. The summed E-state index contributed by atoms with van der Waals surface area (Å²) in [6.07, 6.45) is 4.32. The fraction of sp³-hybridized carbons (Fsp3) is 0.273. The molecule has 0 saturated heterocycles. The van der Waals surface area contributed by atoms with E-state index in [9.17, 15) is 0 Å². The highest BCUT2D eigenvalue weighted by molar-refractivity contribution is 6.29. The van der Waals surface area contributed by atoms with Crippen LogP contribution < -0.4 is 0 Å². The molecule has 0 atom stereocenters. The Hall–Kier alpha value is -1.35. The fourth-order valence-electron chi connectivity index (χ4n) is 1.74. The first-order valence-corrected chi connectivity index (χ1v) is 5.38. The lowest BCUT2D eigenvalue weighted by Gasteiger charge is -2.00.